The van der Waals surface area contributed by atoms with Crippen LogP contribution in [0, 0.1) is 0 Å². The Kier molecular flexibility index (Phi) is 5.64. The summed E-state index contributed by atoms with van der Waals surface area (Å²) in [6.45, 7) is 6.55. The SMILES string of the molecule is CO[C@@]1(C)OC2C(O)C3O[C@@](C)(OC)[C@](C)(OC)O[C@H]3C(O)[C@H]2O[C@]1(C)OC. The molecule has 2 saturated heterocycles. The second kappa shape index (κ2) is 7.09. The van der Waals surface area contributed by atoms with Crippen LogP contribution in [0.5, 0.6) is 0 Å². The molecule has 0 aromatic carbocycles. The smallest absolute Gasteiger partial charge is 0.220 e. The van der Waals surface area contributed by atoms with Gasteiger partial charge in [0.1, 0.15) is 36.6 Å². The Morgan fingerprint density at radius 2 is 0.679 bits per heavy atom. The Bertz CT molecular complexity index is 493. The quantitative estimate of drug-likeness (QED) is 0.645. The number of hydrogen-bond acceptors (Lipinski definition) is 10. The molecule has 0 spiro atoms. The Morgan fingerprint density at radius 3 is 0.821 bits per heavy atom. The van der Waals surface area contributed by atoms with Gasteiger partial charge in [-0.1, -0.05) is 0 Å². The molecule has 0 aromatic heterocycles. The molecule has 28 heavy (non-hydrogen) atoms. The van der Waals surface area contributed by atoms with Crippen molar-refractivity contribution in [1.82, 2.24) is 0 Å². The minimum Gasteiger partial charge on any atom is -0.387 e. The highest BCUT2D eigenvalue weighted by Gasteiger charge is 2.68. The van der Waals surface area contributed by atoms with Crippen LogP contribution in [0.25, 0.3) is 0 Å². The maximum atomic E-state index is 11.0. The van der Waals surface area contributed by atoms with Crippen molar-refractivity contribution in [3.05, 3.63) is 0 Å². The molecule has 0 bridgehead atoms. The summed E-state index contributed by atoms with van der Waals surface area (Å²) in [6, 6.07) is 0. The van der Waals surface area contributed by atoms with Crippen LogP contribution in [0.3, 0.4) is 0 Å². The number of methoxy groups -OCH3 is 4. The molecule has 1 saturated carbocycles. The summed E-state index contributed by atoms with van der Waals surface area (Å²) in [5.74, 6) is -5.34. The van der Waals surface area contributed by atoms with E-state index in [1.807, 2.05) is 0 Å². The predicted octanol–water partition coefficient (Wildman–Crippen LogP) is -0.260. The maximum absolute atomic E-state index is 11.0. The van der Waals surface area contributed by atoms with Crippen LogP contribution >= 0.6 is 0 Å². The number of fused-ring (bicyclic) bond motifs is 2. The molecule has 10 heteroatoms. The zero-order valence-corrected chi connectivity index (χ0v) is 17.6. The highest BCUT2D eigenvalue weighted by Crippen LogP contribution is 2.48. The molecule has 3 aliphatic rings. The predicted molar refractivity (Wildman–Crippen MR) is 93.2 cm³/mol. The van der Waals surface area contributed by atoms with E-state index in [9.17, 15) is 10.2 Å². The lowest BCUT2D eigenvalue weighted by Gasteiger charge is -2.61. The van der Waals surface area contributed by atoms with Crippen molar-refractivity contribution >= 4 is 0 Å². The monoisotopic (exact) mass is 408 g/mol. The largest absolute Gasteiger partial charge is 0.387 e. The molecule has 10 nitrogen and oxygen atoms in total. The van der Waals surface area contributed by atoms with Crippen molar-refractivity contribution in [2.45, 2.75) is 87.5 Å². The van der Waals surface area contributed by atoms with Gasteiger partial charge in [-0.2, -0.15) is 0 Å². The van der Waals surface area contributed by atoms with E-state index in [4.69, 9.17) is 37.9 Å². The van der Waals surface area contributed by atoms with E-state index in [1.54, 1.807) is 27.7 Å². The van der Waals surface area contributed by atoms with E-state index < -0.39 is 59.8 Å². The van der Waals surface area contributed by atoms with Gasteiger partial charge in [-0.15, -0.1) is 0 Å². The third kappa shape index (κ3) is 2.86. The van der Waals surface area contributed by atoms with Gasteiger partial charge in [0.2, 0.25) is 23.1 Å². The van der Waals surface area contributed by atoms with E-state index in [-0.39, 0.29) is 0 Å². The molecule has 3 rings (SSSR count). The zero-order valence-electron chi connectivity index (χ0n) is 17.6. The molecule has 164 valence electrons. The number of hydrogen-bond donors (Lipinski definition) is 2. The minimum absolute atomic E-state index is 0.957. The van der Waals surface area contributed by atoms with Crippen LogP contribution < -0.4 is 0 Å². The first kappa shape index (κ1) is 22.3. The average molecular weight is 408 g/mol. The fourth-order valence-electron chi connectivity index (χ4n) is 4.10. The Labute approximate surface area is 164 Å². The fourth-order valence-corrected chi connectivity index (χ4v) is 4.10. The molecule has 0 amide bonds. The van der Waals surface area contributed by atoms with Crippen molar-refractivity contribution in [3.8, 4) is 0 Å². The first-order chi connectivity index (χ1) is 12.9. The molecule has 0 aromatic rings. The van der Waals surface area contributed by atoms with Gasteiger partial charge >= 0.3 is 0 Å². The number of ether oxygens (including phenoxy) is 8. The summed E-state index contributed by atoms with van der Waals surface area (Å²) in [4.78, 5) is 0. The maximum Gasteiger partial charge on any atom is 0.220 e. The van der Waals surface area contributed by atoms with Crippen molar-refractivity contribution < 1.29 is 48.1 Å². The average Bonchev–Trinajstić information content (AvgIpc) is 2.69. The summed E-state index contributed by atoms with van der Waals surface area (Å²) >= 11 is 0. The highest BCUT2D eigenvalue weighted by molar-refractivity contribution is 5.09. The van der Waals surface area contributed by atoms with E-state index in [0.717, 1.165) is 0 Å². The summed E-state index contributed by atoms with van der Waals surface area (Å²) < 4.78 is 46.2. The third-order valence-corrected chi connectivity index (χ3v) is 6.65. The molecule has 1 aliphatic carbocycles. The van der Waals surface area contributed by atoms with Gasteiger partial charge in [-0.05, 0) is 27.7 Å². The molecule has 0 radical (unpaired) electrons. The second-order valence-electron chi connectivity index (χ2n) is 7.91. The Hall–Kier alpha value is -0.400. The van der Waals surface area contributed by atoms with Gasteiger partial charge in [0.05, 0.1) is 0 Å². The van der Waals surface area contributed by atoms with Crippen LogP contribution in [0.15, 0.2) is 0 Å². The first-order valence-electron chi connectivity index (χ1n) is 9.23. The van der Waals surface area contributed by atoms with Gasteiger partial charge in [0.15, 0.2) is 0 Å². The van der Waals surface area contributed by atoms with E-state index in [1.165, 1.54) is 28.4 Å². The summed E-state index contributed by atoms with van der Waals surface area (Å²) in [7, 11) is 5.78. The van der Waals surface area contributed by atoms with E-state index >= 15 is 0 Å². The van der Waals surface area contributed by atoms with Crippen molar-refractivity contribution in [2.75, 3.05) is 28.4 Å². The lowest BCUT2D eigenvalue weighted by atomic mass is 9.81. The van der Waals surface area contributed by atoms with E-state index in [0.29, 0.717) is 0 Å². The van der Waals surface area contributed by atoms with Gasteiger partial charge in [0.25, 0.3) is 0 Å². The second-order valence-corrected chi connectivity index (χ2v) is 7.91. The molecule has 2 heterocycles. The molecule has 2 aliphatic heterocycles. The Balaban J connectivity index is 1.97. The van der Waals surface area contributed by atoms with E-state index in [2.05, 4.69) is 0 Å². The first-order valence-corrected chi connectivity index (χ1v) is 9.23. The molecular formula is C18H32O10. The normalized spacial score (nSPS) is 56.8. The van der Waals surface area contributed by atoms with Crippen LogP contribution in [-0.2, 0) is 37.9 Å². The van der Waals surface area contributed by atoms with Crippen LogP contribution in [-0.4, -0.2) is 98.4 Å². The number of aliphatic hydroxyl groups excluding tert-OH is 2. The van der Waals surface area contributed by atoms with Crippen LogP contribution in [0.2, 0.25) is 0 Å². The lowest BCUT2D eigenvalue weighted by Crippen LogP contribution is -2.79. The molecular weight excluding hydrogens is 376 g/mol. The standard InChI is InChI=1S/C18H32O10/c1-15(21-5)16(2,22-6)26-12-10(20)14-13(9(19)11(12)25-15)27-17(3,23-7)18(4,24-8)28-14/h9-14,19-20H,1-8H3/t9?,10?,11-,12?,13+,14?,15+,16+,17-,18-. The molecule has 2 N–H and O–H groups in total. The molecule has 4 unspecified atom stereocenters. The third-order valence-electron chi connectivity index (χ3n) is 6.65. The van der Waals surface area contributed by atoms with Crippen LogP contribution in [0.4, 0.5) is 0 Å². The summed E-state index contributed by atoms with van der Waals surface area (Å²) in [5.41, 5.74) is 0. The zero-order chi connectivity index (χ0) is 21.1. The van der Waals surface area contributed by atoms with Gasteiger partial charge in [-0.25, -0.2) is 0 Å². The van der Waals surface area contributed by atoms with Gasteiger partial charge < -0.3 is 48.1 Å². The highest BCUT2D eigenvalue weighted by atomic mass is 16.8. The molecule has 3 fully saturated rings. The lowest BCUT2D eigenvalue weighted by molar-refractivity contribution is -0.503. The Morgan fingerprint density at radius 1 is 0.500 bits per heavy atom. The topological polar surface area (TPSA) is 114 Å². The summed E-state index contributed by atoms with van der Waals surface area (Å²) in [5, 5.41) is 22.1. The van der Waals surface area contributed by atoms with Gasteiger partial charge in [0, 0.05) is 28.4 Å². The number of rotatable bonds is 4. The number of aliphatic hydroxyl groups is 2. The fraction of sp³-hybridized carbons (Fsp3) is 1.00. The van der Waals surface area contributed by atoms with Gasteiger partial charge in [-0.3, -0.25) is 0 Å². The van der Waals surface area contributed by atoms with Crippen molar-refractivity contribution in [3.63, 3.8) is 0 Å². The molecule has 10 atom stereocenters. The summed E-state index contributed by atoms with van der Waals surface area (Å²) in [6.07, 6.45) is -6.24. The van der Waals surface area contributed by atoms with Crippen LogP contribution in [0.1, 0.15) is 27.7 Å². The van der Waals surface area contributed by atoms with Crippen molar-refractivity contribution in [2.24, 2.45) is 0 Å². The van der Waals surface area contributed by atoms with Crippen molar-refractivity contribution in [1.29, 1.82) is 0 Å². The minimum atomic E-state index is -1.34.